The third-order valence-electron chi connectivity index (χ3n) is 5.72. The van der Waals surface area contributed by atoms with Crippen molar-refractivity contribution in [1.29, 1.82) is 0 Å². The molecule has 0 saturated carbocycles. The lowest BCUT2D eigenvalue weighted by molar-refractivity contribution is -0.125. The van der Waals surface area contributed by atoms with Crippen LogP contribution in [0.2, 0.25) is 0 Å². The van der Waals surface area contributed by atoms with Crippen LogP contribution in [0.4, 0.5) is 0 Å². The molecular weight excluding hydrogens is 394 g/mol. The summed E-state index contributed by atoms with van der Waals surface area (Å²) < 4.78 is 6.22. The second kappa shape index (κ2) is 13.7. The van der Waals surface area contributed by atoms with Gasteiger partial charge in [0.15, 0.2) is 0 Å². The average Bonchev–Trinajstić information content (AvgIpc) is 2.78. The van der Waals surface area contributed by atoms with E-state index in [1.165, 1.54) is 11.1 Å². The highest BCUT2D eigenvalue weighted by molar-refractivity contribution is 5.84. The predicted molar refractivity (Wildman–Crippen MR) is 135 cm³/mol. The third kappa shape index (κ3) is 8.84. The molecular formula is C29H39NO2. The molecule has 0 aliphatic rings. The lowest BCUT2D eigenvalue weighted by Crippen LogP contribution is -2.36. The summed E-state index contributed by atoms with van der Waals surface area (Å²) in [5.41, 5.74) is 4.55. The normalized spacial score (nSPS) is 13.6. The number of aryl methyl sites for hydroxylation is 1. The van der Waals surface area contributed by atoms with E-state index >= 15 is 0 Å². The van der Waals surface area contributed by atoms with E-state index in [1.807, 2.05) is 61.5 Å². The van der Waals surface area contributed by atoms with Crippen LogP contribution < -0.4 is 5.32 Å². The smallest absolute Gasteiger partial charge is 0.230 e. The lowest BCUT2D eigenvalue weighted by Gasteiger charge is -2.25. The maximum atomic E-state index is 13.3. The Bertz CT molecular complexity index is 850. The Morgan fingerprint density at radius 2 is 1.75 bits per heavy atom. The fourth-order valence-corrected chi connectivity index (χ4v) is 3.67. The number of rotatable bonds is 13. The molecule has 3 heteroatoms. The molecule has 0 aliphatic heterocycles. The average molecular weight is 434 g/mol. The molecule has 0 spiro atoms. The van der Waals surface area contributed by atoms with Crippen LogP contribution in [0.5, 0.6) is 0 Å². The van der Waals surface area contributed by atoms with E-state index in [-0.39, 0.29) is 12.0 Å². The van der Waals surface area contributed by atoms with Gasteiger partial charge in [0, 0.05) is 13.2 Å². The standard InChI is InChI=1S/C29H39NO2/c1-6-27(32-20-19-23(4)12-10-11-22(2)3)28(26-17-15-24(5)16-18-26)29(31)30-21-25-13-8-7-9-14-25/h6-9,11,13-18,23,27-28H,1,10,12,19-21H2,2-5H3,(H,30,31)/t23-,27+,28+/m0/s1. The zero-order valence-corrected chi connectivity index (χ0v) is 20.1. The molecule has 2 aromatic rings. The van der Waals surface area contributed by atoms with E-state index in [0.29, 0.717) is 19.1 Å². The van der Waals surface area contributed by atoms with Gasteiger partial charge in [0.1, 0.15) is 0 Å². The number of nitrogens with one attached hydrogen (secondary N) is 1. The molecule has 3 nitrogen and oxygen atoms in total. The fraction of sp³-hybridized carbons (Fsp3) is 0.414. The molecule has 1 amide bonds. The number of hydrogen-bond acceptors (Lipinski definition) is 2. The van der Waals surface area contributed by atoms with Gasteiger partial charge in [-0.3, -0.25) is 4.79 Å². The van der Waals surface area contributed by atoms with Gasteiger partial charge in [-0.05, 0) is 57.1 Å². The zero-order chi connectivity index (χ0) is 23.3. The first-order valence-electron chi connectivity index (χ1n) is 11.7. The van der Waals surface area contributed by atoms with Crippen molar-refractivity contribution in [2.75, 3.05) is 6.61 Å². The summed E-state index contributed by atoms with van der Waals surface area (Å²) in [6, 6.07) is 18.1. The van der Waals surface area contributed by atoms with E-state index in [2.05, 4.69) is 38.7 Å². The van der Waals surface area contributed by atoms with Crippen molar-refractivity contribution < 1.29 is 9.53 Å². The molecule has 0 bridgehead atoms. The summed E-state index contributed by atoms with van der Waals surface area (Å²) in [5, 5.41) is 3.09. The molecule has 32 heavy (non-hydrogen) atoms. The van der Waals surface area contributed by atoms with E-state index in [9.17, 15) is 4.79 Å². The summed E-state index contributed by atoms with van der Waals surface area (Å²) in [6.45, 7) is 13.7. The number of carbonyl (C=O) groups excluding carboxylic acids is 1. The van der Waals surface area contributed by atoms with Crippen LogP contribution in [0.15, 0.2) is 78.9 Å². The van der Waals surface area contributed by atoms with Crippen molar-refractivity contribution in [3.05, 3.63) is 95.6 Å². The van der Waals surface area contributed by atoms with E-state index in [4.69, 9.17) is 4.74 Å². The molecule has 2 aromatic carbocycles. The monoisotopic (exact) mass is 433 g/mol. The fourth-order valence-electron chi connectivity index (χ4n) is 3.67. The molecule has 0 aliphatic carbocycles. The first kappa shape index (κ1) is 25.6. The van der Waals surface area contributed by atoms with Gasteiger partial charge in [-0.25, -0.2) is 0 Å². The molecule has 0 saturated heterocycles. The van der Waals surface area contributed by atoms with Crippen LogP contribution in [0.1, 0.15) is 62.6 Å². The van der Waals surface area contributed by atoms with Crippen LogP contribution in [0.25, 0.3) is 0 Å². The van der Waals surface area contributed by atoms with Crippen LogP contribution in [0, 0.1) is 12.8 Å². The second-order valence-corrected chi connectivity index (χ2v) is 8.92. The molecule has 0 unspecified atom stereocenters. The number of ether oxygens (including phenoxy) is 1. The minimum atomic E-state index is -0.433. The zero-order valence-electron chi connectivity index (χ0n) is 20.1. The van der Waals surface area contributed by atoms with Crippen molar-refractivity contribution in [2.45, 2.75) is 65.5 Å². The quantitative estimate of drug-likeness (QED) is 0.355. The van der Waals surface area contributed by atoms with Crippen LogP contribution in [0.3, 0.4) is 0 Å². The largest absolute Gasteiger partial charge is 0.373 e. The first-order valence-corrected chi connectivity index (χ1v) is 11.7. The van der Waals surface area contributed by atoms with Gasteiger partial charge in [0.2, 0.25) is 5.91 Å². The van der Waals surface area contributed by atoms with Gasteiger partial charge in [-0.1, -0.05) is 84.8 Å². The summed E-state index contributed by atoms with van der Waals surface area (Å²) >= 11 is 0. The molecule has 0 aromatic heterocycles. The number of amides is 1. The van der Waals surface area contributed by atoms with Gasteiger partial charge in [0.05, 0.1) is 12.0 Å². The maximum absolute atomic E-state index is 13.3. The van der Waals surface area contributed by atoms with Gasteiger partial charge < -0.3 is 10.1 Å². The SMILES string of the molecule is C=C[C@@H](OCC[C@@H](C)CCC=C(C)C)[C@H](C(=O)NCc1ccccc1)c1ccc(C)cc1. The number of benzene rings is 2. The molecule has 2 rings (SSSR count). The third-order valence-corrected chi connectivity index (χ3v) is 5.72. The summed E-state index contributed by atoms with van der Waals surface area (Å²) in [7, 11) is 0. The van der Waals surface area contributed by atoms with Crippen LogP contribution in [-0.4, -0.2) is 18.6 Å². The van der Waals surface area contributed by atoms with Gasteiger partial charge in [0.25, 0.3) is 0 Å². The Kier molecular flexibility index (Phi) is 11.0. The highest BCUT2D eigenvalue weighted by atomic mass is 16.5. The van der Waals surface area contributed by atoms with Crippen molar-refractivity contribution >= 4 is 5.91 Å². The molecule has 172 valence electrons. The molecule has 1 N–H and O–H groups in total. The first-order chi connectivity index (χ1) is 15.4. The van der Waals surface area contributed by atoms with Gasteiger partial charge >= 0.3 is 0 Å². The Labute approximate surface area is 194 Å². The Morgan fingerprint density at radius 1 is 1.06 bits per heavy atom. The predicted octanol–water partition coefficient (Wildman–Crippen LogP) is 6.74. The summed E-state index contributed by atoms with van der Waals surface area (Å²) in [5.74, 6) is 0.0952. The van der Waals surface area contributed by atoms with E-state index in [0.717, 1.165) is 30.4 Å². The Balaban J connectivity index is 2.03. The topological polar surface area (TPSA) is 38.3 Å². The van der Waals surface area contributed by atoms with Gasteiger partial charge in [-0.2, -0.15) is 0 Å². The molecule has 0 radical (unpaired) electrons. The molecule has 0 fully saturated rings. The second-order valence-electron chi connectivity index (χ2n) is 8.92. The van der Waals surface area contributed by atoms with E-state index < -0.39 is 5.92 Å². The number of hydrogen-bond donors (Lipinski definition) is 1. The lowest BCUT2D eigenvalue weighted by atomic mass is 9.91. The summed E-state index contributed by atoms with van der Waals surface area (Å²) in [4.78, 5) is 13.3. The van der Waals surface area contributed by atoms with Crippen LogP contribution in [-0.2, 0) is 16.1 Å². The van der Waals surface area contributed by atoms with E-state index in [1.54, 1.807) is 6.08 Å². The minimum Gasteiger partial charge on any atom is -0.373 e. The molecule has 0 heterocycles. The van der Waals surface area contributed by atoms with Gasteiger partial charge in [-0.15, -0.1) is 6.58 Å². The molecule has 3 atom stereocenters. The van der Waals surface area contributed by atoms with Crippen molar-refractivity contribution in [2.24, 2.45) is 5.92 Å². The van der Waals surface area contributed by atoms with Crippen LogP contribution >= 0.6 is 0 Å². The Hall–Kier alpha value is -2.65. The van der Waals surface area contributed by atoms with Crippen molar-refractivity contribution in [1.82, 2.24) is 5.32 Å². The highest BCUT2D eigenvalue weighted by Crippen LogP contribution is 2.25. The Morgan fingerprint density at radius 3 is 2.38 bits per heavy atom. The summed E-state index contributed by atoms with van der Waals surface area (Å²) in [6.07, 6.45) is 6.88. The van der Waals surface area contributed by atoms with Crippen molar-refractivity contribution in [3.8, 4) is 0 Å². The van der Waals surface area contributed by atoms with Crippen molar-refractivity contribution in [3.63, 3.8) is 0 Å². The maximum Gasteiger partial charge on any atom is 0.230 e. The number of carbonyl (C=O) groups is 1. The number of allylic oxidation sites excluding steroid dienone is 2. The minimum absolute atomic E-state index is 0.0424. The highest BCUT2D eigenvalue weighted by Gasteiger charge is 2.29.